The molecule has 0 aliphatic rings. The Kier molecular flexibility index (Phi) is 10.0. The first-order chi connectivity index (χ1) is 16.0. The van der Waals surface area contributed by atoms with Gasteiger partial charge in [-0.2, -0.15) is 0 Å². The van der Waals surface area contributed by atoms with Crippen LogP contribution in [-0.2, 0) is 26.2 Å². The summed E-state index contributed by atoms with van der Waals surface area (Å²) in [6.07, 6.45) is 1.97. The number of carbonyl (C=O) groups is 2. The Bertz CT molecular complexity index is 1070. The average Bonchev–Trinajstić information content (AvgIpc) is 2.79. The van der Waals surface area contributed by atoms with E-state index in [-0.39, 0.29) is 43.4 Å². The molecule has 0 aliphatic carbocycles. The number of amides is 2. The summed E-state index contributed by atoms with van der Waals surface area (Å²) in [6, 6.07) is 12.6. The molecule has 2 rings (SSSR count). The predicted octanol–water partition coefficient (Wildman–Crippen LogP) is 3.62. The van der Waals surface area contributed by atoms with Crippen molar-refractivity contribution in [3.05, 3.63) is 65.5 Å². The Morgan fingerprint density at radius 2 is 1.74 bits per heavy atom. The molecule has 0 aromatic heterocycles. The summed E-state index contributed by atoms with van der Waals surface area (Å²) in [5.74, 6) is -1.17. The van der Waals surface area contributed by atoms with Crippen molar-refractivity contribution in [1.29, 1.82) is 0 Å². The van der Waals surface area contributed by atoms with E-state index in [4.69, 9.17) is 0 Å². The number of nitrogens with one attached hydrogen (secondary N) is 1. The van der Waals surface area contributed by atoms with Crippen LogP contribution in [0.2, 0.25) is 0 Å². The van der Waals surface area contributed by atoms with Gasteiger partial charge in [0.1, 0.15) is 11.9 Å². The smallest absolute Gasteiger partial charge is 0.242 e. The van der Waals surface area contributed by atoms with Crippen molar-refractivity contribution in [2.45, 2.75) is 52.6 Å². The van der Waals surface area contributed by atoms with Crippen LogP contribution in [0.1, 0.15) is 44.2 Å². The Balaban J connectivity index is 2.15. The maximum absolute atomic E-state index is 14.2. The highest BCUT2D eigenvalue weighted by molar-refractivity contribution is 7.92. The van der Waals surface area contributed by atoms with E-state index in [1.54, 1.807) is 13.0 Å². The van der Waals surface area contributed by atoms with Gasteiger partial charge in [-0.25, -0.2) is 12.8 Å². The van der Waals surface area contributed by atoms with Gasteiger partial charge in [-0.05, 0) is 44.4 Å². The molecule has 34 heavy (non-hydrogen) atoms. The lowest BCUT2D eigenvalue weighted by Crippen LogP contribution is -2.47. The first-order valence-corrected chi connectivity index (χ1v) is 13.2. The van der Waals surface area contributed by atoms with Gasteiger partial charge in [-0.15, -0.1) is 0 Å². The number of nitrogens with zero attached hydrogens (tertiary/aromatic N) is 2. The SMILES string of the molecule is CCCNC(=O)[C@H](C)N(Cc1ccc(C)cc1)C(=O)CCCN(c1ccccc1F)S(C)(=O)=O. The molecule has 7 nitrogen and oxygen atoms in total. The summed E-state index contributed by atoms with van der Waals surface area (Å²) in [6.45, 7) is 6.31. The number of hydrogen-bond donors (Lipinski definition) is 1. The van der Waals surface area contributed by atoms with Crippen LogP contribution in [0.25, 0.3) is 0 Å². The van der Waals surface area contributed by atoms with Crippen molar-refractivity contribution in [2.24, 2.45) is 0 Å². The Morgan fingerprint density at radius 1 is 1.09 bits per heavy atom. The monoisotopic (exact) mass is 491 g/mol. The molecule has 186 valence electrons. The zero-order chi connectivity index (χ0) is 25.3. The topological polar surface area (TPSA) is 86.8 Å². The largest absolute Gasteiger partial charge is 0.354 e. The van der Waals surface area contributed by atoms with E-state index < -0.39 is 21.9 Å². The van der Waals surface area contributed by atoms with E-state index in [2.05, 4.69) is 5.32 Å². The fourth-order valence-corrected chi connectivity index (χ4v) is 4.47. The first-order valence-electron chi connectivity index (χ1n) is 11.4. The van der Waals surface area contributed by atoms with Gasteiger partial charge < -0.3 is 10.2 Å². The van der Waals surface area contributed by atoms with E-state index in [1.807, 2.05) is 38.1 Å². The molecule has 9 heteroatoms. The van der Waals surface area contributed by atoms with Crippen molar-refractivity contribution in [3.63, 3.8) is 0 Å². The second-order valence-corrected chi connectivity index (χ2v) is 10.3. The molecule has 0 saturated heterocycles. The van der Waals surface area contributed by atoms with E-state index >= 15 is 0 Å². The molecule has 0 heterocycles. The lowest BCUT2D eigenvalue weighted by molar-refractivity contribution is -0.140. The Labute approximate surface area is 202 Å². The van der Waals surface area contributed by atoms with Gasteiger partial charge in [0.05, 0.1) is 11.9 Å². The Morgan fingerprint density at radius 3 is 2.32 bits per heavy atom. The van der Waals surface area contributed by atoms with Crippen LogP contribution in [0, 0.1) is 12.7 Å². The molecule has 0 radical (unpaired) electrons. The molecule has 2 aromatic carbocycles. The van der Waals surface area contributed by atoms with Crippen LogP contribution in [-0.4, -0.2) is 50.5 Å². The molecule has 0 aliphatic heterocycles. The summed E-state index contributed by atoms with van der Waals surface area (Å²) in [7, 11) is -3.75. The molecule has 2 aromatic rings. The fourth-order valence-electron chi connectivity index (χ4n) is 3.51. The predicted molar refractivity (Wildman–Crippen MR) is 132 cm³/mol. The van der Waals surface area contributed by atoms with Gasteiger partial charge in [-0.1, -0.05) is 48.9 Å². The second kappa shape index (κ2) is 12.5. The van der Waals surface area contributed by atoms with Crippen molar-refractivity contribution in [2.75, 3.05) is 23.7 Å². The molecule has 0 fully saturated rings. The summed E-state index contributed by atoms with van der Waals surface area (Å²) < 4.78 is 39.7. The fraction of sp³-hybridized carbons (Fsp3) is 0.440. The van der Waals surface area contributed by atoms with Crippen LogP contribution >= 0.6 is 0 Å². The number of anilines is 1. The molecule has 0 saturated carbocycles. The van der Waals surface area contributed by atoms with Gasteiger partial charge in [0.2, 0.25) is 21.8 Å². The van der Waals surface area contributed by atoms with E-state index in [1.165, 1.54) is 23.1 Å². The highest BCUT2D eigenvalue weighted by Gasteiger charge is 2.27. The van der Waals surface area contributed by atoms with Crippen molar-refractivity contribution in [1.82, 2.24) is 10.2 Å². The lowest BCUT2D eigenvalue weighted by atomic mass is 10.1. The Hall–Kier alpha value is -2.94. The van der Waals surface area contributed by atoms with Crippen LogP contribution in [0.5, 0.6) is 0 Å². The number of aryl methyl sites for hydroxylation is 1. The van der Waals surface area contributed by atoms with Gasteiger partial charge in [-0.3, -0.25) is 13.9 Å². The minimum Gasteiger partial charge on any atom is -0.354 e. The molecular formula is C25H34FN3O4S. The maximum Gasteiger partial charge on any atom is 0.242 e. The summed E-state index contributed by atoms with van der Waals surface area (Å²) in [5.41, 5.74) is 1.92. The van der Waals surface area contributed by atoms with Gasteiger partial charge >= 0.3 is 0 Å². The van der Waals surface area contributed by atoms with Gasteiger partial charge in [0.25, 0.3) is 0 Å². The van der Waals surface area contributed by atoms with Crippen molar-refractivity contribution < 1.29 is 22.4 Å². The van der Waals surface area contributed by atoms with Gasteiger partial charge in [0, 0.05) is 26.1 Å². The zero-order valence-corrected chi connectivity index (χ0v) is 21.1. The minimum absolute atomic E-state index is 0.0116. The molecule has 1 atom stereocenters. The number of halogens is 1. The third-order valence-electron chi connectivity index (χ3n) is 5.46. The quantitative estimate of drug-likeness (QED) is 0.491. The van der Waals surface area contributed by atoms with Crippen LogP contribution in [0.4, 0.5) is 10.1 Å². The summed E-state index contributed by atoms with van der Waals surface area (Å²) >= 11 is 0. The average molecular weight is 492 g/mol. The molecule has 0 bridgehead atoms. The van der Waals surface area contributed by atoms with Gasteiger partial charge in [0.15, 0.2) is 0 Å². The molecule has 0 spiro atoms. The number of rotatable bonds is 12. The standard InChI is InChI=1S/C25H34FN3O4S/c1-5-16-27-25(31)20(3)28(18-21-14-12-19(2)13-15-21)24(30)11-8-17-29(34(4,32)33)23-10-7-6-9-22(23)26/h6-7,9-10,12-15,20H,5,8,11,16-18H2,1-4H3,(H,27,31)/t20-/m0/s1. The van der Waals surface area contributed by atoms with Crippen molar-refractivity contribution in [3.8, 4) is 0 Å². The lowest BCUT2D eigenvalue weighted by Gasteiger charge is -2.29. The number of benzene rings is 2. The zero-order valence-electron chi connectivity index (χ0n) is 20.3. The minimum atomic E-state index is -3.75. The van der Waals surface area contributed by atoms with E-state index in [9.17, 15) is 22.4 Å². The highest BCUT2D eigenvalue weighted by Crippen LogP contribution is 2.22. The van der Waals surface area contributed by atoms with Crippen molar-refractivity contribution >= 4 is 27.5 Å². The molecular weight excluding hydrogens is 457 g/mol. The second-order valence-electron chi connectivity index (χ2n) is 8.36. The number of para-hydroxylation sites is 1. The van der Waals surface area contributed by atoms with Crippen LogP contribution < -0.4 is 9.62 Å². The van der Waals surface area contributed by atoms with Crippen LogP contribution in [0.3, 0.4) is 0 Å². The number of hydrogen-bond acceptors (Lipinski definition) is 4. The number of carbonyl (C=O) groups excluding carboxylic acids is 2. The third-order valence-corrected chi connectivity index (χ3v) is 6.64. The highest BCUT2D eigenvalue weighted by atomic mass is 32.2. The molecule has 0 unspecified atom stereocenters. The maximum atomic E-state index is 14.2. The summed E-state index contributed by atoms with van der Waals surface area (Å²) in [5, 5.41) is 2.82. The molecule has 1 N–H and O–H groups in total. The summed E-state index contributed by atoms with van der Waals surface area (Å²) in [4.78, 5) is 27.3. The number of sulfonamides is 1. The van der Waals surface area contributed by atoms with E-state index in [0.29, 0.717) is 6.54 Å². The van der Waals surface area contributed by atoms with Crippen LogP contribution in [0.15, 0.2) is 48.5 Å². The third kappa shape index (κ3) is 7.83. The normalized spacial score (nSPS) is 12.1. The molecule has 2 amide bonds. The van der Waals surface area contributed by atoms with E-state index in [0.717, 1.165) is 28.1 Å². The first kappa shape index (κ1) is 27.3.